The molecule has 0 spiro atoms. The summed E-state index contributed by atoms with van der Waals surface area (Å²) in [5, 5.41) is 2.91. The van der Waals surface area contributed by atoms with Crippen LogP contribution in [-0.4, -0.2) is 22.6 Å². The Kier molecular flexibility index (Phi) is 5.22. The molecule has 2 rings (SSSR count). The molecule has 1 fully saturated rings. The molecule has 0 saturated heterocycles. The lowest BCUT2D eigenvalue weighted by atomic mass is 9.93. The summed E-state index contributed by atoms with van der Waals surface area (Å²) in [5.74, 6) is 0.449. The fourth-order valence-electron chi connectivity index (χ4n) is 2.44. The van der Waals surface area contributed by atoms with Crippen LogP contribution in [0.3, 0.4) is 0 Å². The summed E-state index contributed by atoms with van der Waals surface area (Å²) in [5.41, 5.74) is -0.0971. The van der Waals surface area contributed by atoms with Gasteiger partial charge in [-0.2, -0.15) is 0 Å². The smallest absolute Gasteiger partial charge is 0.254 e. The van der Waals surface area contributed by atoms with Gasteiger partial charge in [-0.05, 0) is 47.7 Å². The number of nitrogens with zero attached hydrogens (tertiary/aromatic N) is 1. The third-order valence-electron chi connectivity index (χ3n) is 3.64. The van der Waals surface area contributed by atoms with E-state index < -0.39 is 0 Å². The highest BCUT2D eigenvalue weighted by molar-refractivity contribution is 9.10. The second-order valence-electron chi connectivity index (χ2n) is 5.24. The van der Waals surface area contributed by atoms with Gasteiger partial charge in [0, 0.05) is 25.4 Å². The first-order valence-electron chi connectivity index (χ1n) is 6.95. The van der Waals surface area contributed by atoms with Gasteiger partial charge >= 0.3 is 0 Å². The molecule has 1 amide bonds. The van der Waals surface area contributed by atoms with Gasteiger partial charge in [0.1, 0.15) is 5.75 Å². The third-order valence-corrected chi connectivity index (χ3v) is 4.24. The summed E-state index contributed by atoms with van der Waals surface area (Å²) in [6.45, 7) is 3.45. The molecule has 5 nitrogen and oxygen atoms in total. The van der Waals surface area contributed by atoms with Crippen LogP contribution < -0.4 is 15.6 Å². The largest absolute Gasteiger partial charge is 0.489 e. The predicted molar refractivity (Wildman–Crippen MR) is 84.4 cm³/mol. The summed E-state index contributed by atoms with van der Waals surface area (Å²) in [4.78, 5) is 22.9. The maximum absolute atomic E-state index is 11.6. The molecule has 0 unspecified atom stereocenters. The number of nitrogens with one attached hydrogen (secondary N) is 1. The van der Waals surface area contributed by atoms with Gasteiger partial charge in [0.15, 0.2) is 0 Å². The average molecular weight is 355 g/mol. The first-order chi connectivity index (χ1) is 9.99. The van der Waals surface area contributed by atoms with E-state index in [1.807, 2.05) is 0 Å². The number of hydrogen-bond acceptors (Lipinski definition) is 3. The number of aryl methyl sites for hydroxylation is 1. The number of pyridine rings is 1. The van der Waals surface area contributed by atoms with Crippen LogP contribution in [0.1, 0.15) is 25.7 Å². The summed E-state index contributed by atoms with van der Waals surface area (Å²) < 4.78 is 8.18. The van der Waals surface area contributed by atoms with Crippen molar-refractivity contribution in [2.24, 2.45) is 7.05 Å². The molecule has 0 aliphatic heterocycles. The van der Waals surface area contributed by atoms with Crippen LogP contribution in [0.25, 0.3) is 0 Å². The van der Waals surface area contributed by atoms with E-state index in [1.165, 1.54) is 16.7 Å². The minimum Gasteiger partial charge on any atom is -0.489 e. The van der Waals surface area contributed by atoms with Gasteiger partial charge in [0.05, 0.1) is 10.6 Å². The van der Waals surface area contributed by atoms with E-state index in [0.717, 1.165) is 30.2 Å². The summed E-state index contributed by atoms with van der Waals surface area (Å²) in [6.07, 6.45) is 6.50. The number of rotatable bonds is 4. The number of halogens is 1. The Balaban J connectivity index is 1.92. The fraction of sp³-hybridized carbons (Fsp3) is 0.467. The van der Waals surface area contributed by atoms with Crippen molar-refractivity contribution in [3.8, 4) is 5.75 Å². The van der Waals surface area contributed by atoms with E-state index in [0.29, 0.717) is 5.75 Å². The molecule has 1 heterocycles. The molecule has 21 heavy (non-hydrogen) atoms. The molecule has 0 bridgehead atoms. The molecular formula is C15H19BrN2O3. The quantitative estimate of drug-likeness (QED) is 0.842. The number of aromatic nitrogens is 1. The van der Waals surface area contributed by atoms with Gasteiger partial charge in [-0.25, -0.2) is 0 Å². The lowest BCUT2D eigenvalue weighted by Crippen LogP contribution is -2.39. The zero-order chi connectivity index (χ0) is 15.4. The number of amides is 1. The molecule has 114 valence electrons. The fourth-order valence-corrected chi connectivity index (χ4v) is 2.95. The number of carbonyl (C=O) groups is 1. The van der Waals surface area contributed by atoms with E-state index >= 15 is 0 Å². The molecule has 0 aromatic carbocycles. The van der Waals surface area contributed by atoms with Crippen molar-refractivity contribution in [2.75, 3.05) is 0 Å². The Morgan fingerprint density at radius 1 is 1.48 bits per heavy atom. The zero-order valence-corrected chi connectivity index (χ0v) is 13.6. The highest BCUT2D eigenvalue weighted by Crippen LogP contribution is 2.28. The minimum atomic E-state index is -0.131. The average Bonchev–Trinajstić information content (AvgIpc) is 2.46. The van der Waals surface area contributed by atoms with E-state index in [9.17, 15) is 9.59 Å². The molecule has 1 saturated carbocycles. The summed E-state index contributed by atoms with van der Waals surface area (Å²) in [7, 11) is 1.70. The highest BCUT2D eigenvalue weighted by Gasteiger charge is 2.23. The third kappa shape index (κ3) is 4.20. The molecule has 0 atom stereocenters. The second kappa shape index (κ2) is 6.93. The van der Waals surface area contributed by atoms with E-state index in [4.69, 9.17) is 4.74 Å². The van der Waals surface area contributed by atoms with Crippen LogP contribution in [0.4, 0.5) is 0 Å². The van der Waals surface area contributed by atoms with E-state index in [2.05, 4.69) is 27.8 Å². The Labute approximate surface area is 132 Å². The number of ether oxygens (including phenoxy) is 1. The highest BCUT2D eigenvalue weighted by atomic mass is 79.9. The molecule has 1 aromatic rings. The lowest BCUT2D eigenvalue weighted by Gasteiger charge is -2.29. The van der Waals surface area contributed by atoms with Crippen molar-refractivity contribution in [3.63, 3.8) is 0 Å². The normalized spacial score (nSPS) is 21.6. The standard InChI is InChI=1S/C15H19BrN2O3/c1-3-14(19)17-10-4-6-11(7-5-10)21-13-8-15(20)18(2)9-12(13)16/h3,8-11H,1,4-7H2,2H3,(H,17,19). The SMILES string of the molecule is C=CC(=O)NC1CCC(Oc2cc(=O)n(C)cc2Br)CC1. The number of hydrogen-bond donors (Lipinski definition) is 1. The van der Waals surface area contributed by atoms with Gasteiger partial charge in [-0.3, -0.25) is 9.59 Å². The first-order valence-corrected chi connectivity index (χ1v) is 7.74. The van der Waals surface area contributed by atoms with Gasteiger partial charge in [0.2, 0.25) is 5.91 Å². The van der Waals surface area contributed by atoms with Gasteiger partial charge in [-0.1, -0.05) is 6.58 Å². The zero-order valence-electron chi connectivity index (χ0n) is 12.0. The Morgan fingerprint density at radius 3 is 2.76 bits per heavy atom. The van der Waals surface area contributed by atoms with Crippen LogP contribution in [0, 0.1) is 0 Å². The van der Waals surface area contributed by atoms with E-state index in [-0.39, 0.29) is 23.6 Å². The lowest BCUT2D eigenvalue weighted by molar-refractivity contribution is -0.117. The van der Waals surface area contributed by atoms with Crippen LogP contribution in [0.15, 0.2) is 34.2 Å². The molecule has 1 aliphatic rings. The Hall–Kier alpha value is -1.56. The van der Waals surface area contributed by atoms with E-state index in [1.54, 1.807) is 13.2 Å². The van der Waals surface area contributed by atoms with Gasteiger partial charge in [0.25, 0.3) is 5.56 Å². The van der Waals surface area contributed by atoms with Gasteiger partial charge < -0.3 is 14.6 Å². The van der Waals surface area contributed by atoms with Gasteiger partial charge in [-0.15, -0.1) is 0 Å². The second-order valence-corrected chi connectivity index (χ2v) is 6.09. The molecule has 1 N–H and O–H groups in total. The molecule has 1 aliphatic carbocycles. The monoisotopic (exact) mass is 354 g/mol. The van der Waals surface area contributed by atoms with Crippen LogP contribution in [0.2, 0.25) is 0 Å². The van der Waals surface area contributed by atoms with Crippen molar-refractivity contribution >= 4 is 21.8 Å². The summed E-state index contributed by atoms with van der Waals surface area (Å²) in [6, 6.07) is 1.68. The van der Waals surface area contributed by atoms with Crippen molar-refractivity contribution in [1.82, 2.24) is 9.88 Å². The molecular weight excluding hydrogens is 336 g/mol. The Bertz CT molecular complexity index is 589. The summed E-state index contributed by atoms with van der Waals surface area (Å²) >= 11 is 3.41. The van der Waals surface area contributed by atoms with Crippen molar-refractivity contribution in [1.29, 1.82) is 0 Å². The Morgan fingerprint density at radius 2 is 2.14 bits per heavy atom. The maximum atomic E-state index is 11.6. The first kappa shape index (κ1) is 15.8. The number of carbonyl (C=O) groups excluding carboxylic acids is 1. The molecule has 1 aromatic heterocycles. The van der Waals surface area contributed by atoms with Crippen LogP contribution in [0.5, 0.6) is 5.75 Å². The maximum Gasteiger partial charge on any atom is 0.254 e. The van der Waals surface area contributed by atoms with Crippen molar-refractivity contribution in [2.45, 2.75) is 37.8 Å². The molecule has 0 radical (unpaired) electrons. The molecule has 6 heteroatoms. The van der Waals surface area contributed by atoms with Crippen LogP contribution in [-0.2, 0) is 11.8 Å². The van der Waals surface area contributed by atoms with Crippen LogP contribution >= 0.6 is 15.9 Å². The van der Waals surface area contributed by atoms with Crippen molar-refractivity contribution in [3.05, 3.63) is 39.7 Å². The topological polar surface area (TPSA) is 60.3 Å². The predicted octanol–water partition coefficient (Wildman–Crippen LogP) is 2.14. The van der Waals surface area contributed by atoms with Crippen molar-refractivity contribution < 1.29 is 9.53 Å². The minimum absolute atomic E-state index is 0.0743.